The molecule has 1 aromatic rings. The van der Waals surface area contributed by atoms with E-state index in [2.05, 4.69) is 12.1 Å². The molecule has 0 spiro atoms. The zero-order chi connectivity index (χ0) is 11.1. The van der Waals surface area contributed by atoms with Crippen molar-refractivity contribution in [3.8, 4) is 0 Å². The molecular formula is C12H17ClO2. The first-order valence-corrected chi connectivity index (χ1v) is 5.45. The first-order valence-electron chi connectivity index (χ1n) is 5.01. The Hall–Kier alpha value is -0.570. The van der Waals surface area contributed by atoms with Crippen LogP contribution < -0.4 is 0 Å². The van der Waals surface area contributed by atoms with Gasteiger partial charge in [0, 0.05) is 14.2 Å². The van der Waals surface area contributed by atoms with Crippen molar-refractivity contribution in [1.82, 2.24) is 0 Å². The Kier molecular flexibility index (Phi) is 5.69. The lowest BCUT2D eigenvalue weighted by Crippen LogP contribution is -2.25. The van der Waals surface area contributed by atoms with Crippen LogP contribution in [0.25, 0.3) is 0 Å². The molecule has 0 fully saturated rings. The minimum Gasteiger partial charge on any atom is -0.354 e. The molecule has 1 unspecified atom stereocenters. The van der Waals surface area contributed by atoms with Crippen molar-refractivity contribution in [1.29, 1.82) is 0 Å². The van der Waals surface area contributed by atoms with E-state index in [4.69, 9.17) is 21.1 Å². The van der Waals surface area contributed by atoms with Gasteiger partial charge < -0.3 is 9.47 Å². The fourth-order valence-corrected chi connectivity index (χ4v) is 1.79. The van der Waals surface area contributed by atoms with E-state index in [9.17, 15) is 0 Å². The Morgan fingerprint density at radius 1 is 1.13 bits per heavy atom. The third-order valence-electron chi connectivity index (χ3n) is 2.31. The molecule has 0 aliphatic rings. The number of hydrogen-bond donors (Lipinski definition) is 0. The second-order valence-electron chi connectivity index (χ2n) is 3.38. The van der Waals surface area contributed by atoms with E-state index < -0.39 is 0 Å². The van der Waals surface area contributed by atoms with Gasteiger partial charge >= 0.3 is 0 Å². The highest BCUT2D eigenvalue weighted by Crippen LogP contribution is 2.15. The highest BCUT2D eigenvalue weighted by Gasteiger charge is 2.17. The van der Waals surface area contributed by atoms with Crippen LogP contribution in [0, 0.1) is 0 Å². The van der Waals surface area contributed by atoms with Crippen LogP contribution in [0.15, 0.2) is 30.3 Å². The van der Waals surface area contributed by atoms with E-state index in [1.807, 2.05) is 18.2 Å². The third-order valence-corrected chi connectivity index (χ3v) is 2.74. The molecule has 0 radical (unpaired) electrons. The largest absolute Gasteiger partial charge is 0.354 e. The normalized spacial score (nSPS) is 13.1. The summed E-state index contributed by atoms with van der Waals surface area (Å²) in [4.78, 5) is 0. The van der Waals surface area contributed by atoms with E-state index in [0.29, 0.717) is 0 Å². The maximum absolute atomic E-state index is 6.15. The van der Waals surface area contributed by atoms with E-state index in [0.717, 1.165) is 12.8 Å². The van der Waals surface area contributed by atoms with Crippen LogP contribution >= 0.6 is 11.6 Å². The summed E-state index contributed by atoms with van der Waals surface area (Å²) in [5.74, 6) is 0. The molecule has 15 heavy (non-hydrogen) atoms. The minimum absolute atomic E-state index is 0.111. The van der Waals surface area contributed by atoms with Crippen molar-refractivity contribution >= 4 is 11.6 Å². The van der Waals surface area contributed by atoms with E-state index in [1.54, 1.807) is 14.2 Å². The maximum Gasteiger partial charge on any atom is 0.173 e. The zero-order valence-electron chi connectivity index (χ0n) is 9.15. The van der Waals surface area contributed by atoms with E-state index in [1.165, 1.54) is 5.56 Å². The number of alkyl halides is 1. The SMILES string of the molecule is COC(OC)C(Cl)CCc1ccccc1. The molecule has 0 N–H and O–H groups in total. The fourth-order valence-electron chi connectivity index (χ4n) is 1.48. The number of benzene rings is 1. The Labute approximate surface area is 96.2 Å². The van der Waals surface area contributed by atoms with Gasteiger partial charge in [-0.2, -0.15) is 0 Å². The van der Waals surface area contributed by atoms with Gasteiger partial charge in [-0.25, -0.2) is 0 Å². The summed E-state index contributed by atoms with van der Waals surface area (Å²) in [6.45, 7) is 0. The number of rotatable bonds is 6. The number of methoxy groups -OCH3 is 2. The van der Waals surface area contributed by atoms with Crippen LogP contribution in [0.3, 0.4) is 0 Å². The number of ether oxygens (including phenoxy) is 2. The Balaban J connectivity index is 2.36. The average molecular weight is 229 g/mol. The Morgan fingerprint density at radius 3 is 2.27 bits per heavy atom. The van der Waals surface area contributed by atoms with Crippen LogP contribution in [0.5, 0.6) is 0 Å². The molecule has 0 heterocycles. The number of hydrogen-bond acceptors (Lipinski definition) is 2. The van der Waals surface area contributed by atoms with Gasteiger partial charge in [-0.1, -0.05) is 30.3 Å². The fraction of sp³-hybridized carbons (Fsp3) is 0.500. The topological polar surface area (TPSA) is 18.5 Å². The van der Waals surface area contributed by atoms with Gasteiger partial charge in [0.25, 0.3) is 0 Å². The van der Waals surface area contributed by atoms with Crippen molar-refractivity contribution in [3.63, 3.8) is 0 Å². The highest BCUT2D eigenvalue weighted by molar-refractivity contribution is 6.20. The molecule has 1 rings (SSSR count). The molecule has 2 nitrogen and oxygen atoms in total. The lowest BCUT2D eigenvalue weighted by molar-refractivity contribution is -0.104. The monoisotopic (exact) mass is 228 g/mol. The number of halogens is 1. The molecule has 0 bridgehead atoms. The van der Waals surface area contributed by atoms with Gasteiger partial charge in [-0.05, 0) is 18.4 Å². The lowest BCUT2D eigenvalue weighted by atomic mass is 10.1. The van der Waals surface area contributed by atoms with Gasteiger partial charge in [0.2, 0.25) is 0 Å². The zero-order valence-corrected chi connectivity index (χ0v) is 9.91. The Bertz CT molecular complexity index is 260. The predicted octanol–water partition coefficient (Wildman–Crippen LogP) is 2.85. The average Bonchev–Trinajstić information content (AvgIpc) is 2.29. The van der Waals surface area contributed by atoms with Crippen LogP contribution in [-0.2, 0) is 15.9 Å². The second-order valence-corrected chi connectivity index (χ2v) is 3.94. The summed E-state index contributed by atoms with van der Waals surface area (Å²) in [5.41, 5.74) is 1.29. The lowest BCUT2D eigenvalue weighted by Gasteiger charge is -2.18. The minimum atomic E-state index is -0.324. The summed E-state index contributed by atoms with van der Waals surface area (Å²) in [6, 6.07) is 10.3. The van der Waals surface area contributed by atoms with Crippen molar-refractivity contribution in [2.75, 3.05) is 14.2 Å². The maximum atomic E-state index is 6.15. The molecule has 3 heteroatoms. The summed E-state index contributed by atoms with van der Waals surface area (Å²) < 4.78 is 10.2. The molecule has 1 aromatic carbocycles. The van der Waals surface area contributed by atoms with Crippen molar-refractivity contribution in [2.24, 2.45) is 0 Å². The van der Waals surface area contributed by atoms with E-state index in [-0.39, 0.29) is 11.7 Å². The molecule has 0 aliphatic carbocycles. The number of aryl methyl sites for hydroxylation is 1. The van der Waals surface area contributed by atoms with Gasteiger partial charge in [0.15, 0.2) is 6.29 Å². The molecule has 0 aliphatic heterocycles. The van der Waals surface area contributed by atoms with E-state index >= 15 is 0 Å². The smallest absolute Gasteiger partial charge is 0.173 e. The molecule has 0 saturated heterocycles. The summed E-state index contributed by atoms with van der Waals surface area (Å²) in [5, 5.41) is -0.111. The van der Waals surface area contributed by atoms with Crippen molar-refractivity contribution in [2.45, 2.75) is 24.5 Å². The molecule has 84 valence electrons. The van der Waals surface area contributed by atoms with Crippen LogP contribution in [0.1, 0.15) is 12.0 Å². The highest BCUT2D eigenvalue weighted by atomic mass is 35.5. The van der Waals surface area contributed by atoms with Crippen LogP contribution in [0.4, 0.5) is 0 Å². The molecular weight excluding hydrogens is 212 g/mol. The predicted molar refractivity (Wildman–Crippen MR) is 62.2 cm³/mol. The molecule has 0 amide bonds. The quantitative estimate of drug-likeness (QED) is 0.551. The summed E-state index contributed by atoms with van der Waals surface area (Å²) in [6.07, 6.45) is 1.46. The third kappa shape index (κ3) is 4.20. The van der Waals surface area contributed by atoms with Crippen LogP contribution in [0.2, 0.25) is 0 Å². The second kappa shape index (κ2) is 6.83. The van der Waals surface area contributed by atoms with Gasteiger partial charge in [0.1, 0.15) is 0 Å². The molecule has 0 aromatic heterocycles. The Morgan fingerprint density at radius 2 is 1.73 bits per heavy atom. The molecule has 1 atom stereocenters. The van der Waals surface area contributed by atoms with Crippen molar-refractivity contribution < 1.29 is 9.47 Å². The molecule has 0 saturated carbocycles. The first-order chi connectivity index (χ1) is 7.27. The van der Waals surface area contributed by atoms with Crippen LogP contribution in [-0.4, -0.2) is 25.9 Å². The van der Waals surface area contributed by atoms with Gasteiger partial charge in [0.05, 0.1) is 5.38 Å². The van der Waals surface area contributed by atoms with Gasteiger partial charge in [-0.15, -0.1) is 11.6 Å². The first kappa shape index (κ1) is 12.5. The summed E-state index contributed by atoms with van der Waals surface area (Å²) >= 11 is 6.15. The summed E-state index contributed by atoms with van der Waals surface area (Å²) in [7, 11) is 3.21. The standard InChI is InChI=1S/C12H17ClO2/c1-14-12(15-2)11(13)9-8-10-6-4-3-5-7-10/h3-7,11-12H,8-9H2,1-2H3. The van der Waals surface area contributed by atoms with Crippen molar-refractivity contribution in [3.05, 3.63) is 35.9 Å². The van der Waals surface area contributed by atoms with Gasteiger partial charge in [-0.3, -0.25) is 0 Å².